The van der Waals surface area contributed by atoms with Crippen LogP contribution in [0.15, 0.2) is 66.0 Å². The van der Waals surface area contributed by atoms with Crippen molar-refractivity contribution in [3.8, 4) is 11.5 Å². The highest BCUT2D eigenvalue weighted by Crippen LogP contribution is 2.23. The van der Waals surface area contributed by atoms with Crippen molar-refractivity contribution in [1.82, 2.24) is 0 Å². The first-order chi connectivity index (χ1) is 12.7. The molecule has 2 aromatic carbocycles. The summed E-state index contributed by atoms with van der Waals surface area (Å²) < 4.78 is 10.8. The predicted octanol–water partition coefficient (Wildman–Crippen LogP) is 5.02. The van der Waals surface area contributed by atoms with Gasteiger partial charge < -0.3 is 14.4 Å². The van der Waals surface area contributed by atoms with Gasteiger partial charge in [-0.05, 0) is 60.0 Å². The minimum Gasteiger partial charge on any atom is -0.497 e. The average Bonchev–Trinajstić information content (AvgIpc) is 3.19. The summed E-state index contributed by atoms with van der Waals surface area (Å²) in [6, 6.07) is 18.3. The maximum absolute atomic E-state index is 12.8. The van der Waals surface area contributed by atoms with E-state index in [0.717, 1.165) is 16.3 Å². The van der Waals surface area contributed by atoms with Gasteiger partial charge in [0.1, 0.15) is 11.5 Å². The SMILES string of the molecule is COc1ccc(N(Cc2cccs2)C(=O)COc2ccc(Cl)cc2)cc1. The molecule has 0 atom stereocenters. The van der Waals surface area contributed by atoms with Gasteiger partial charge in [-0.3, -0.25) is 4.79 Å². The number of carbonyl (C=O) groups is 1. The van der Waals surface area contributed by atoms with Crippen molar-refractivity contribution in [1.29, 1.82) is 0 Å². The first kappa shape index (κ1) is 18.3. The number of hydrogen-bond donors (Lipinski definition) is 0. The van der Waals surface area contributed by atoms with Gasteiger partial charge in [-0.25, -0.2) is 0 Å². The van der Waals surface area contributed by atoms with Crippen molar-refractivity contribution in [2.75, 3.05) is 18.6 Å². The summed E-state index contributed by atoms with van der Waals surface area (Å²) >= 11 is 7.48. The van der Waals surface area contributed by atoms with E-state index in [4.69, 9.17) is 21.1 Å². The Morgan fingerprint density at radius 2 is 1.73 bits per heavy atom. The van der Waals surface area contributed by atoms with Gasteiger partial charge in [0.15, 0.2) is 6.61 Å². The fraction of sp³-hybridized carbons (Fsp3) is 0.150. The zero-order valence-corrected chi connectivity index (χ0v) is 15.8. The molecule has 1 amide bonds. The Bertz CT molecular complexity index is 833. The molecule has 0 saturated carbocycles. The summed E-state index contributed by atoms with van der Waals surface area (Å²) in [5, 5.41) is 2.62. The third-order valence-corrected chi connectivity index (χ3v) is 4.87. The van der Waals surface area contributed by atoms with Gasteiger partial charge in [0.05, 0.1) is 13.7 Å². The smallest absolute Gasteiger partial charge is 0.265 e. The summed E-state index contributed by atoms with van der Waals surface area (Å²) in [6.07, 6.45) is 0. The molecule has 3 aromatic rings. The predicted molar refractivity (Wildman–Crippen MR) is 105 cm³/mol. The van der Waals surface area contributed by atoms with Crippen LogP contribution in [-0.2, 0) is 11.3 Å². The van der Waals surface area contributed by atoms with Crippen molar-refractivity contribution < 1.29 is 14.3 Å². The molecule has 0 radical (unpaired) electrons. The molecule has 0 spiro atoms. The number of halogens is 1. The number of carbonyl (C=O) groups excluding carboxylic acids is 1. The van der Waals surface area contributed by atoms with Gasteiger partial charge in [0.25, 0.3) is 5.91 Å². The number of methoxy groups -OCH3 is 1. The lowest BCUT2D eigenvalue weighted by Gasteiger charge is -2.22. The molecule has 0 N–H and O–H groups in total. The molecule has 1 aromatic heterocycles. The van der Waals surface area contributed by atoms with Gasteiger partial charge >= 0.3 is 0 Å². The number of benzene rings is 2. The Kier molecular flexibility index (Phi) is 6.15. The second-order valence-electron chi connectivity index (χ2n) is 5.50. The van der Waals surface area contributed by atoms with Crippen molar-refractivity contribution >= 4 is 34.5 Å². The fourth-order valence-electron chi connectivity index (χ4n) is 2.40. The Morgan fingerprint density at radius 3 is 2.35 bits per heavy atom. The first-order valence-electron chi connectivity index (χ1n) is 8.01. The molecule has 0 fully saturated rings. The number of ether oxygens (including phenoxy) is 2. The average molecular weight is 388 g/mol. The monoisotopic (exact) mass is 387 g/mol. The highest BCUT2D eigenvalue weighted by Gasteiger charge is 2.18. The molecule has 0 saturated heterocycles. The van der Waals surface area contributed by atoms with Gasteiger partial charge in [0, 0.05) is 15.6 Å². The van der Waals surface area contributed by atoms with E-state index in [1.54, 1.807) is 47.6 Å². The largest absolute Gasteiger partial charge is 0.497 e. The molecule has 3 rings (SSSR count). The van der Waals surface area contributed by atoms with Gasteiger partial charge in [-0.15, -0.1) is 11.3 Å². The van der Waals surface area contributed by atoms with E-state index in [1.807, 2.05) is 41.8 Å². The molecule has 1 heterocycles. The van der Waals surface area contributed by atoms with Gasteiger partial charge in [0.2, 0.25) is 0 Å². The van der Waals surface area contributed by atoms with Crippen LogP contribution in [0.5, 0.6) is 11.5 Å². The zero-order valence-electron chi connectivity index (χ0n) is 14.2. The molecule has 0 bridgehead atoms. The van der Waals surface area contributed by atoms with Crippen molar-refractivity contribution in [3.63, 3.8) is 0 Å². The van der Waals surface area contributed by atoms with E-state index >= 15 is 0 Å². The van der Waals surface area contributed by atoms with Crippen LogP contribution < -0.4 is 14.4 Å². The lowest BCUT2D eigenvalue weighted by molar-refractivity contribution is -0.120. The van der Waals surface area contributed by atoms with E-state index in [1.165, 1.54) is 0 Å². The molecule has 0 aliphatic carbocycles. The number of thiophene rings is 1. The molecular weight excluding hydrogens is 370 g/mol. The minimum atomic E-state index is -0.126. The van der Waals surface area contributed by atoms with Crippen LogP contribution >= 0.6 is 22.9 Å². The van der Waals surface area contributed by atoms with E-state index < -0.39 is 0 Å². The Labute approximate surface area is 161 Å². The van der Waals surface area contributed by atoms with Gasteiger partial charge in [-0.1, -0.05) is 17.7 Å². The first-order valence-corrected chi connectivity index (χ1v) is 9.26. The molecule has 134 valence electrons. The van der Waals surface area contributed by atoms with E-state index in [-0.39, 0.29) is 12.5 Å². The summed E-state index contributed by atoms with van der Waals surface area (Å²) in [7, 11) is 1.61. The van der Waals surface area contributed by atoms with Crippen LogP contribution in [0.3, 0.4) is 0 Å². The Morgan fingerprint density at radius 1 is 1.04 bits per heavy atom. The van der Waals surface area contributed by atoms with Crippen molar-refractivity contribution in [3.05, 3.63) is 75.9 Å². The van der Waals surface area contributed by atoms with Crippen LogP contribution in [0.2, 0.25) is 5.02 Å². The van der Waals surface area contributed by atoms with Crippen LogP contribution in [0, 0.1) is 0 Å². The minimum absolute atomic E-state index is 0.0565. The molecule has 0 unspecified atom stereocenters. The second kappa shape index (κ2) is 8.74. The summed E-state index contributed by atoms with van der Waals surface area (Å²) in [4.78, 5) is 15.6. The number of hydrogen-bond acceptors (Lipinski definition) is 4. The van der Waals surface area contributed by atoms with Crippen LogP contribution in [0.4, 0.5) is 5.69 Å². The highest BCUT2D eigenvalue weighted by molar-refractivity contribution is 7.09. The zero-order chi connectivity index (χ0) is 18.4. The third kappa shape index (κ3) is 4.77. The summed E-state index contributed by atoms with van der Waals surface area (Å²) in [6.45, 7) is 0.436. The van der Waals surface area contributed by atoms with E-state index in [2.05, 4.69) is 0 Å². The Balaban J connectivity index is 1.74. The maximum atomic E-state index is 12.8. The lowest BCUT2D eigenvalue weighted by atomic mass is 10.2. The molecule has 0 aliphatic heterocycles. The second-order valence-corrected chi connectivity index (χ2v) is 6.97. The van der Waals surface area contributed by atoms with Crippen molar-refractivity contribution in [2.24, 2.45) is 0 Å². The van der Waals surface area contributed by atoms with E-state index in [9.17, 15) is 4.79 Å². The fourth-order valence-corrected chi connectivity index (χ4v) is 3.22. The van der Waals surface area contributed by atoms with Gasteiger partial charge in [-0.2, -0.15) is 0 Å². The Hall–Kier alpha value is -2.50. The quantitative estimate of drug-likeness (QED) is 0.571. The summed E-state index contributed by atoms with van der Waals surface area (Å²) in [5.41, 5.74) is 0.795. The maximum Gasteiger partial charge on any atom is 0.265 e. The van der Waals surface area contributed by atoms with Crippen LogP contribution in [0.1, 0.15) is 4.88 Å². The number of nitrogens with zero attached hydrogens (tertiary/aromatic N) is 1. The third-order valence-electron chi connectivity index (χ3n) is 3.76. The molecule has 26 heavy (non-hydrogen) atoms. The van der Waals surface area contributed by atoms with Crippen LogP contribution in [0.25, 0.3) is 0 Å². The molecular formula is C20H18ClNO3S. The highest BCUT2D eigenvalue weighted by atomic mass is 35.5. The van der Waals surface area contributed by atoms with Crippen molar-refractivity contribution in [2.45, 2.75) is 6.54 Å². The number of anilines is 1. The topological polar surface area (TPSA) is 38.8 Å². The molecule has 0 aliphatic rings. The normalized spacial score (nSPS) is 10.4. The van der Waals surface area contributed by atoms with Crippen LogP contribution in [-0.4, -0.2) is 19.6 Å². The number of rotatable bonds is 7. The standard InChI is InChI=1S/C20H18ClNO3S/c1-24-17-10-6-16(7-11-17)22(13-19-3-2-12-26-19)20(23)14-25-18-8-4-15(21)5-9-18/h2-12H,13-14H2,1H3. The number of amides is 1. The van der Waals surface area contributed by atoms with E-state index in [0.29, 0.717) is 17.3 Å². The molecule has 6 heteroatoms. The summed E-state index contributed by atoms with van der Waals surface area (Å²) in [5.74, 6) is 1.22. The molecule has 4 nitrogen and oxygen atoms in total. The lowest BCUT2D eigenvalue weighted by Crippen LogP contribution is -2.34.